The van der Waals surface area contributed by atoms with E-state index in [4.69, 9.17) is 0 Å². The van der Waals surface area contributed by atoms with E-state index in [-0.39, 0.29) is 12.1 Å². The first-order chi connectivity index (χ1) is 6.83. The smallest absolute Gasteiger partial charge is 0.221 e. The van der Waals surface area contributed by atoms with E-state index in [1.807, 2.05) is 7.05 Å². The maximum Gasteiger partial charge on any atom is 0.221 e. The van der Waals surface area contributed by atoms with Gasteiger partial charge >= 0.3 is 0 Å². The minimum absolute atomic E-state index is 0.166. The third-order valence-electron chi connectivity index (χ3n) is 2.48. The topological polar surface area (TPSA) is 53.2 Å². The first kappa shape index (κ1) is 11.5. The highest BCUT2D eigenvalue weighted by atomic mass is 16.1. The monoisotopic (exact) mass is 199 g/mol. The standard InChI is InChI=1S/C10H21N3O/c1-11-7-4-6-10(14)13-9-5-2-3-8-12-9/h9,11-12H,2-8H2,1H3,(H,13,14). The van der Waals surface area contributed by atoms with Crippen molar-refractivity contribution in [3.8, 4) is 0 Å². The lowest BCUT2D eigenvalue weighted by molar-refractivity contribution is -0.122. The van der Waals surface area contributed by atoms with E-state index in [1.165, 1.54) is 12.8 Å². The minimum atomic E-state index is 0.166. The lowest BCUT2D eigenvalue weighted by atomic mass is 10.1. The van der Waals surface area contributed by atoms with Gasteiger partial charge in [-0.05, 0) is 45.8 Å². The van der Waals surface area contributed by atoms with Crippen LogP contribution < -0.4 is 16.0 Å². The van der Waals surface area contributed by atoms with Crippen LogP contribution in [0, 0.1) is 0 Å². The molecule has 0 aliphatic carbocycles. The molecule has 0 bridgehead atoms. The van der Waals surface area contributed by atoms with Gasteiger partial charge in [0.1, 0.15) is 0 Å². The van der Waals surface area contributed by atoms with Crippen LogP contribution in [0.15, 0.2) is 0 Å². The molecule has 1 saturated heterocycles. The van der Waals surface area contributed by atoms with Gasteiger partial charge in [-0.25, -0.2) is 0 Å². The van der Waals surface area contributed by atoms with E-state index >= 15 is 0 Å². The number of carbonyl (C=O) groups is 1. The van der Waals surface area contributed by atoms with Gasteiger partial charge < -0.3 is 10.6 Å². The summed E-state index contributed by atoms with van der Waals surface area (Å²) in [7, 11) is 1.90. The molecule has 1 unspecified atom stereocenters. The van der Waals surface area contributed by atoms with Crippen LogP contribution in [0.1, 0.15) is 32.1 Å². The molecule has 1 aliphatic rings. The van der Waals surface area contributed by atoms with Crippen LogP contribution in [0.3, 0.4) is 0 Å². The van der Waals surface area contributed by atoms with Crippen molar-refractivity contribution in [3.05, 3.63) is 0 Å². The Morgan fingerprint density at radius 1 is 1.50 bits per heavy atom. The van der Waals surface area contributed by atoms with E-state index in [2.05, 4.69) is 16.0 Å². The highest BCUT2D eigenvalue weighted by Crippen LogP contribution is 2.04. The van der Waals surface area contributed by atoms with E-state index in [1.54, 1.807) is 0 Å². The summed E-state index contributed by atoms with van der Waals surface area (Å²) in [6, 6.07) is 0. The Hall–Kier alpha value is -0.610. The van der Waals surface area contributed by atoms with Gasteiger partial charge in [0.15, 0.2) is 0 Å². The van der Waals surface area contributed by atoms with Crippen LogP contribution in [0.5, 0.6) is 0 Å². The highest BCUT2D eigenvalue weighted by Gasteiger charge is 2.13. The zero-order valence-electron chi connectivity index (χ0n) is 8.94. The van der Waals surface area contributed by atoms with Crippen molar-refractivity contribution in [2.45, 2.75) is 38.3 Å². The quantitative estimate of drug-likeness (QED) is 0.555. The zero-order valence-corrected chi connectivity index (χ0v) is 8.94. The van der Waals surface area contributed by atoms with Crippen LogP contribution in [-0.4, -0.2) is 32.2 Å². The van der Waals surface area contributed by atoms with Gasteiger partial charge in [0, 0.05) is 6.42 Å². The van der Waals surface area contributed by atoms with E-state index in [9.17, 15) is 4.79 Å². The number of hydrogen-bond acceptors (Lipinski definition) is 3. The number of nitrogens with one attached hydrogen (secondary N) is 3. The van der Waals surface area contributed by atoms with Crippen molar-refractivity contribution < 1.29 is 4.79 Å². The molecule has 1 heterocycles. The van der Waals surface area contributed by atoms with Gasteiger partial charge in [-0.2, -0.15) is 0 Å². The summed E-state index contributed by atoms with van der Waals surface area (Å²) < 4.78 is 0. The summed E-state index contributed by atoms with van der Waals surface area (Å²) in [5.41, 5.74) is 0. The molecule has 1 fully saturated rings. The molecular weight excluding hydrogens is 178 g/mol. The van der Waals surface area contributed by atoms with Gasteiger partial charge in [-0.3, -0.25) is 10.1 Å². The Bertz CT molecular complexity index is 167. The Morgan fingerprint density at radius 3 is 3.00 bits per heavy atom. The van der Waals surface area contributed by atoms with Crippen molar-refractivity contribution in [1.82, 2.24) is 16.0 Å². The van der Waals surface area contributed by atoms with Crippen molar-refractivity contribution in [1.29, 1.82) is 0 Å². The van der Waals surface area contributed by atoms with Crippen LogP contribution in [0.2, 0.25) is 0 Å². The second kappa shape index (κ2) is 6.79. The molecule has 4 heteroatoms. The normalized spacial score (nSPS) is 21.9. The first-order valence-corrected chi connectivity index (χ1v) is 5.50. The molecule has 0 aromatic rings. The number of hydrogen-bond donors (Lipinski definition) is 3. The molecule has 4 nitrogen and oxygen atoms in total. The van der Waals surface area contributed by atoms with Gasteiger partial charge in [0.2, 0.25) is 5.91 Å². The molecule has 0 aromatic heterocycles. The Morgan fingerprint density at radius 2 is 2.36 bits per heavy atom. The molecule has 0 radical (unpaired) electrons. The second-order valence-corrected chi connectivity index (χ2v) is 3.78. The van der Waals surface area contributed by atoms with E-state index in [0.29, 0.717) is 6.42 Å². The Kier molecular flexibility index (Phi) is 5.56. The molecule has 1 amide bonds. The number of piperidine rings is 1. The number of amides is 1. The first-order valence-electron chi connectivity index (χ1n) is 5.50. The average molecular weight is 199 g/mol. The molecule has 3 N–H and O–H groups in total. The predicted octanol–water partition coefficient (Wildman–Crippen LogP) is 0.202. The fourth-order valence-electron chi connectivity index (χ4n) is 1.67. The van der Waals surface area contributed by atoms with Gasteiger partial charge in [0.05, 0.1) is 6.17 Å². The Balaban J connectivity index is 2.06. The fourth-order valence-corrected chi connectivity index (χ4v) is 1.67. The highest BCUT2D eigenvalue weighted by molar-refractivity contribution is 5.76. The fraction of sp³-hybridized carbons (Fsp3) is 0.900. The zero-order chi connectivity index (χ0) is 10.2. The molecule has 0 spiro atoms. The summed E-state index contributed by atoms with van der Waals surface area (Å²) in [5, 5.41) is 9.32. The molecule has 82 valence electrons. The van der Waals surface area contributed by atoms with Crippen LogP contribution in [0.4, 0.5) is 0 Å². The largest absolute Gasteiger partial charge is 0.341 e. The molecular formula is C10H21N3O. The van der Waals surface area contributed by atoms with Crippen molar-refractivity contribution >= 4 is 5.91 Å². The second-order valence-electron chi connectivity index (χ2n) is 3.78. The molecule has 0 saturated carbocycles. The third-order valence-corrected chi connectivity index (χ3v) is 2.48. The molecule has 14 heavy (non-hydrogen) atoms. The molecule has 0 aromatic carbocycles. The lowest BCUT2D eigenvalue weighted by Crippen LogP contribution is -2.47. The predicted molar refractivity (Wildman–Crippen MR) is 56.9 cm³/mol. The summed E-state index contributed by atoms with van der Waals surface area (Å²) >= 11 is 0. The van der Waals surface area contributed by atoms with Crippen LogP contribution in [-0.2, 0) is 4.79 Å². The summed E-state index contributed by atoms with van der Waals surface area (Å²) in [6.45, 7) is 1.94. The summed E-state index contributed by atoms with van der Waals surface area (Å²) in [5.74, 6) is 0.166. The molecule has 1 rings (SSSR count). The molecule has 1 aliphatic heterocycles. The molecule has 1 atom stereocenters. The third kappa shape index (κ3) is 4.58. The Labute approximate surface area is 85.8 Å². The van der Waals surface area contributed by atoms with Gasteiger partial charge in [0.25, 0.3) is 0 Å². The van der Waals surface area contributed by atoms with Gasteiger partial charge in [-0.15, -0.1) is 0 Å². The van der Waals surface area contributed by atoms with E-state index in [0.717, 1.165) is 25.9 Å². The van der Waals surface area contributed by atoms with Crippen LogP contribution >= 0.6 is 0 Å². The summed E-state index contributed by atoms with van der Waals surface area (Å²) in [6.07, 6.45) is 5.26. The van der Waals surface area contributed by atoms with E-state index < -0.39 is 0 Å². The number of carbonyl (C=O) groups excluding carboxylic acids is 1. The van der Waals surface area contributed by atoms with Crippen molar-refractivity contribution in [2.75, 3.05) is 20.1 Å². The SMILES string of the molecule is CNCCCC(=O)NC1CCCCN1. The van der Waals surface area contributed by atoms with Crippen molar-refractivity contribution in [2.24, 2.45) is 0 Å². The summed E-state index contributed by atoms with van der Waals surface area (Å²) in [4.78, 5) is 11.4. The number of rotatable bonds is 5. The average Bonchev–Trinajstić information content (AvgIpc) is 2.20. The maximum atomic E-state index is 11.4. The van der Waals surface area contributed by atoms with Crippen LogP contribution in [0.25, 0.3) is 0 Å². The maximum absolute atomic E-state index is 11.4. The van der Waals surface area contributed by atoms with Crippen molar-refractivity contribution in [3.63, 3.8) is 0 Å². The lowest BCUT2D eigenvalue weighted by Gasteiger charge is -2.24. The van der Waals surface area contributed by atoms with Gasteiger partial charge in [-0.1, -0.05) is 0 Å². The minimum Gasteiger partial charge on any atom is -0.341 e.